The lowest BCUT2D eigenvalue weighted by molar-refractivity contribution is -0.140. The summed E-state index contributed by atoms with van der Waals surface area (Å²) in [5.41, 5.74) is 2.09. The number of likely N-dealkylation sites (N-methyl/N-ethyl adjacent to an activating group) is 2. The highest BCUT2D eigenvalue weighted by atomic mass is 16.4. The van der Waals surface area contributed by atoms with E-state index in [1.54, 1.807) is 14.1 Å². The largest absolute Gasteiger partial charge is 0.480 e. The summed E-state index contributed by atoms with van der Waals surface area (Å²) in [6.07, 6.45) is 0. The van der Waals surface area contributed by atoms with Crippen LogP contribution in [-0.2, 0) is 4.79 Å². The van der Waals surface area contributed by atoms with Gasteiger partial charge in [0.1, 0.15) is 6.04 Å². The van der Waals surface area contributed by atoms with Gasteiger partial charge in [0.05, 0.1) is 6.04 Å². The summed E-state index contributed by atoms with van der Waals surface area (Å²) in [6, 6.07) is 6.93. The van der Waals surface area contributed by atoms with Crippen LogP contribution in [0.5, 0.6) is 0 Å². The molecule has 0 aliphatic rings. The first kappa shape index (κ1) is 12.7. The standard InChI is InChI=1S/C12H18N2O2/c1-8-6-4-5-7-9(8)10(13-2)11(14-3)12(15)16/h4-7,10-11,13-14H,1-3H3,(H,15,16). The van der Waals surface area contributed by atoms with E-state index in [0.29, 0.717) is 0 Å². The van der Waals surface area contributed by atoms with Crippen LogP contribution >= 0.6 is 0 Å². The van der Waals surface area contributed by atoms with Crippen LogP contribution in [0.2, 0.25) is 0 Å². The molecular formula is C12H18N2O2. The smallest absolute Gasteiger partial charge is 0.322 e. The molecular weight excluding hydrogens is 204 g/mol. The lowest BCUT2D eigenvalue weighted by Crippen LogP contribution is -2.44. The first-order valence-electron chi connectivity index (χ1n) is 5.24. The number of nitrogens with one attached hydrogen (secondary N) is 2. The van der Waals surface area contributed by atoms with Gasteiger partial charge in [0.15, 0.2) is 0 Å². The zero-order valence-electron chi connectivity index (χ0n) is 9.82. The molecule has 0 saturated heterocycles. The van der Waals surface area contributed by atoms with E-state index in [2.05, 4.69) is 10.6 Å². The van der Waals surface area contributed by atoms with Crippen LogP contribution in [0.25, 0.3) is 0 Å². The van der Waals surface area contributed by atoms with Gasteiger partial charge in [-0.3, -0.25) is 4.79 Å². The Kier molecular flexibility index (Phi) is 4.46. The summed E-state index contributed by atoms with van der Waals surface area (Å²) in [7, 11) is 3.42. The first-order chi connectivity index (χ1) is 7.61. The monoisotopic (exact) mass is 222 g/mol. The van der Waals surface area contributed by atoms with E-state index in [9.17, 15) is 4.79 Å². The lowest BCUT2D eigenvalue weighted by atomic mass is 9.95. The van der Waals surface area contributed by atoms with E-state index >= 15 is 0 Å². The van der Waals surface area contributed by atoms with Crippen LogP contribution < -0.4 is 10.6 Å². The fraction of sp³-hybridized carbons (Fsp3) is 0.417. The Bertz CT molecular complexity index is 366. The maximum absolute atomic E-state index is 11.1. The quantitative estimate of drug-likeness (QED) is 0.693. The minimum Gasteiger partial charge on any atom is -0.480 e. The minimum atomic E-state index is -0.856. The zero-order valence-corrected chi connectivity index (χ0v) is 9.82. The van der Waals surface area contributed by atoms with Crippen molar-refractivity contribution in [2.75, 3.05) is 14.1 Å². The Morgan fingerprint density at radius 3 is 2.31 bits per heavy atom. The fourth-order valence-corrected chi connectivity index (χ4v) is 1.87. The van der Waals surface area contributed by atoms with Gasteiger partial charge >= 0.3 is 5.97 Å². The van der Waals surface area contributed by atoms with Crippen molar-refractivity contribution in [1.82, 2.24) is 10.6 Å². The number of hydrogen-bond acceptors (Lipinski definition) is 3. The number of carboxylic acid groups (broad SMARTS) is 1. The molecule has 0 fully saturated rings. The molecule has 0 aromatic heterocycles. The molecule has 0 radical (unpaired) electrons. The summed E-state index contributed by atoms with van der Waals surface area (Å²) >= 11 is 0. The summed E-state index contributed by atoms with van der Waals surface area (Å²) in [5.74, 6) is -0.856. The summed E-state index contributed by atoms with van der Waals surface area (Å²) in [4.78, 5) is 11.1. The number of carboxylic acids is 1. The number of carbonyl (C=O) groups is 1. The van der Waals surface area contributed by atoms with Crippen LogP contribution in [0.4, 0.5) is 0 Å². The van der Waals surface area contributed by atoms with Crippen LogP contribution in [0.15, 0.2) is 24.3 Å². The maximum Gasteiger partial charge on any atom is 0.322 e. The lowest BCUT2D eigenvalue weighted by Gasteiger charge is -2.24. The third-order valence-electron chi connectivity index (χ3n) is 2.74. The molecule has 0 saturated carbocycles. The van der Waals surface area contributed by atoms with Crippen molar-refractivity contribution in [2.45, 2.75) is 19.0 Å². The molecule has 0 spiro atoms. The molecule has 16 heavy (non-hydrogen) atoms. The second kappa shape index (κ2) is 5.63. The molecule has 1 rings (SSSR count). The van der Waals surface area contributed by atoms with Crippen molar-refractivity contribution < 1.29 is 9.90 Å². The van der Waals surface area contributed by atoms with Crippen molar-refractivity contribution in [3.05, 3.63) is 35.4 Å². The van der Waals surface area contributed by atoms with Gasteiger partial charge in [0.25, 0.3) is 0 Å². The number of benzene rings is 1. The van der Waals surface area contributed by atoms with E-state index in [4.69, 9.17) is 5.11 Å². The molecule has 2 unspecified atom stereocenters. The molecule has 1 aromatic rings. The fourth-order valence-electron chi connectivity index (χ4n) is 1.87. The highest BCUT2D eigenvalue weighted by Crippen LogP contribution is 2.20. The van der Waals surface area contributed by atoms with Gasteiger partial charge in [-0.2, -0.15) is 0 Å². The molecule has 88 valence electrons. The van der Waals surface area contributed by atoms with Gasteiger partial charge < -0.3 is 15.7 Å². The van der Waals surface area contributed by atoms with Gasteiger partial charge in [-0.25, -0.2) is 0 Å². The third-order valence-corrected chi connectivity index (χ3v) is 2.74. The van der Waals surface area contributed by atoms with Gasteiger partial charge in [0, 0.05) is 0 Å². The zero-order chi connectivity index (χ0) is 12.1. The Morgan fingerprint density at radius 2 is 1.88 bits per heavy atom. The van der Waals surface area contributed by atoms with Crippen molar-refractivity contribution in [3.8, 4) is 0 Å². The predicted octanol–water partition coefficient (Wildman–Crippen LogP) is 0.928. The Balaban J connectivity index is 3.06. The molecule has 4 heteroatoms. The van der Waals surface area contributed by atoms with Crippen molar-refractivity contribution in [2.24, 2.45) is 0 Å². The molecule has 4 nitrogen and oxygen atoms in total. The highest BCUT2D eigenvalue weighted by molar-refractivity contribution is 5.75. The van der Waals surface area contributed by atoms with E-state index in [-0.39, 0.29) is 6.04 Å². The molecule has 1 aromatic carbocycles. The van der Waals surface area contributed by atoms with E-state index in [1.165, 1.54) is 0 Å². The predicted molar refractivity (Wildman–Crippen MR) is 63.5 cm³/mol. The minimum absolute atomic E-state index is 0.233. The summed E-state index contributed by atoms with van der Waals surface area (Å²) in [6.45, 7) is 1.98. The highest BCUT2D eigenvalue weighted by Gasteiger charge is 2.27. The topological polar surface area (TPSA) is 61.4 Å². The molecule has 0 heterocycles. The Hall–Kier alpha value is -1.39. The van der Waals surface area contributed by atoms with E-state index in [0.717, 1.165) is 11.1 Å². The average Bonchev–Trinajstić information content (AvgIpc) is 2.26. The molecule has 3 N–H and O–H groups in total. The molecule has 0 aliphatic carbocycles. The number of aliphatic carboxylic acids is 1. The third kappa shape index (κ3) is 2.59. The van der Waals surface area contributed by atoms with Gasteiger partial charge in [-0.05, 0) is 32.1 Å². The van der Waals surface area contributed by atoms with Gasteiger partial charge in [0.2, 0.25) is 0 Å². The second-order valence-electron chi connectivity index (χ2n) is 3.73. The molecule has 0 amide bonds. The normalized spacial score (nSPS) is 14.4. The van der Waals surface area contributed by atoms with Crippen LogP contribution in [0, 0.1) is 6.92 Å². The van der Waals surface area contributed by atoms with Crippen molar-refractivity contribution >= 4 is 5.97 Å². The molecule has 2 atom stereocenters. The van der Waals surface area contributed by atoms with Crippen LogP contribution in [0.3, 0.4) is 0 Å². The SMILES string of the molecule is CNC(C(=O)O)C(NC)c1ccccc1C. The van der Waals surface area contributed by atoms with Crippen molar-refractivity contribution in [1.29, 1.82) is 0 Å². The maximum atomic E-state index is 11.1. The van der Waals surface area contributed by atoms with Gasteiger partial charge in [-0.1, -0.05) is 24.3 Å². The second-order valence-corrected chi connectivity index (χ2v) is 3.73. The Morgan fingerprint density at radius 1 is 1.25 bits per heavy atom. The molecule has 0 aliphatic heterocycles. The summed E-state index contributed by atoms with van der Waals surface area (Å²) in [5, 5.41) is 15.0. The van der Waals surface area contributed by atoms with E-state index in [1.807, 2.05) is 31.2 Å². The number of aryl methyl sites for hydroxylation is 1. The van der Waals surface area contributed by atoms with Crippen molar-refractivity contribution in [3.63, 3.8) is 0 Å². The first-order valence-corrected chi connectivity index (χ1v) is 5.24. The van der Waals surface area contributed by atoms with Crippen LogP contribution in [0.1, 0.15) is 17.2 Å². The number of rotatable bonds is 5. The van der Waals surface area contributed by atoms with Crippen LogP contribution in [-0.4, -0.2) is 31.2 Å². The Labute approximate surface area is 95.7 Å². The summed E-state index contributed by atoms with van der Waals surface area (Å²) < 4.78 is 0. The molecule has 0 bridgehead atoms. The number of hydrogen-bond donors (Lipinski definition) is 3. The average molecular weight is 222 g/mol. The van der Waals surface area contributed by atoms with Gasteiger partial charge in [-0.15, -0.1) is 0 Å². The van der Waals surface area contributed by atoms with E-state index < -0.39 is 12.0 Å².